The molecule has 0 saturated heterocycles. The van der Waals surface area contributed by atoms with Gasteiger partial charge >= 0.3 is 11.9 Å². The highest BCUT2D eigenvalue weighted by atomic mass is 16.5. The van der Waals surface area contributed by atoms with Crippen LogP contribution >= 0.6 is 0 Å². The summed E-state index contributed by atoms with van der Waals surface area (Å²) in [7, 11) is 0. The quantitative estimate of drug-likeness (QED) is 0.0392. The lowest BCUT2D eigenvalue weighted by Gasteiger charge is -2.58. The summed E-state index contributed by atoms with van der Waals surface area (Å²) in [6.07, 6.45) is 33.8. The summed E-state index contributed by atoms with van der Waals surface area (Å²) in [5, 5.41) is 19.4. The van der Waals surface area contributed by atoms with E-state index < -0.39 is 0 Å². The lowest BCUT2D eigenvalue weighted by Crippen LogP contribution is -2.50. The number of carbonyl (C=O) groups is 2. The van der Waals surface area contributed by atoms with Gasteiger partial charge in [0.2, 0.25) is 0 Å². The number of unbranched alkanes of at least 4 members (excludes halogenated alkanes) is 7. The first-order valence-electron chi connectivity index (χ1n) is 26.0. The first kappa shape index (κ1) is 52.6. The molecule has 62 heavy (non-hydrogen) atoms. The Balaban J connectivity index is 1.09. The van der Waals surface area contributed by atoms with Crippen LogP contribution in [0.5, 0.6) is 0 Å². The van der Waals surface area contributed by atoms with E-state index in [0.717, 1.165) is 120 Å². The summed E-state index contributed by atoms with van der Waals surface area (Å²) in [6.45, 7) is 19.9. The first-order valence-corrected chi connectivity index (χ1v) is 26.0. The number of hydrogen-bond acceptors (Lipinski definition) is 8. The zero-order valence-electron chi connectivity index (χ0n) is 40.8. The van der Waals surface area contributed by atoms with Crippen LogP contribution in [0.2, 0.25) is 0 Å². The number of aliphatic hydroxyl groups excluding tert-OH is 2. The molecule has 0 bridgehead atoms. The Kier molecular flexibility index (Phi) is 23.9. The predicted molar refractivity (Wildman–Crippen MR) is 256 cm³/mol. The number of rotatable bonds is 32. The Morgan fingerprint density at radius 2 is 1.39 bits per heavy atom. The van der Waals surface area contributed by atoms with E-state index in [9.17, 15) is 19.8 Å². The number of aliphatic hydroxyl groups is 2. The molecule has 0 spiro atoms. The maximum absolute atomic E-state index is 13.1. The molecule has 2 fully saturated rings. The van der Waals surface area contributed by atoms with Gasteiger partial charge in [0.1, 0.15) is 6.10 Å². The fourth-order valence-corrected chi connectivity index (χ4v) is 12.2. The van der Waals surface area contributed by atoms with Gasteiger partial charge in [-0.25, -0.2) is 0 Å². The van der Waals surface area contributed by atoms with Crippen LogP contribution in [-0.2, 0) is 19.1 Å². The molecule has 4 aliphatic rings. The molecule has 7 atom stereocenters. The molecule has 0 heterocycles. The van der Waals surface area contributed by atoms with E-state index in [1.165, 1.54) is 64.2 Å². The summed E-state index contributed by atoms with van der Waals surface area (Å²) in [5.74, 6) is 3.64. The summed E-state index contributed by atoms with van der Waals surface area (Å²) < 4.78 is 11.5. The van der Waals surface area contributed by atoms with Crippen molar-refractivity contribution in [1.82, 2.24) is 9.80 Å². The first-order chi connectivity index (χ1) is 29.9. The molecule has 8 heteroatoms. The second kappa shape index (κ2) is 28.1. The van der Waals surface area contributed by atoms with E-state index in [2.05, 4.69) is 75.6 Å². The van der Waals surface area contributed by atoms with Gasteiger partial charge in [-0.1, -0.05) is 116 Å². The van der Waals surface area contributed by atoms with Gasteiger partial charge in [0.05, 0.1) is 19.8 Å². The average Bonchev–Trinajstić information content (AvgIpc) is 3.60. The third kappa shape index (κ3) is 16.5. The summed E-state index contributed by atoms with van der Waals surface area (Å²) >= 11 is 0. The van der Waals surface area contributed by atoms with Crippen LogP contribution in [0.4, 0.5) is 0 Å². The fraction of sp³-hybridized carbons (Fsp3) is 0.852. The number of hydrogen-bond donors (Lipinski definition) is 2. The highest BCUT2D eigenvalue weighted by Gasteiger charge is 2.57. The molecule has 0 radical (unpaired) electrons. The molecule has 356 valence electrons. The molecule has 7 unspecified atom stereocenters. The van der Waals surface area contributed by atoms with Gasteiger partial charge in [0, 0.05) is 45.4 Å². The van der Waals surface area contributed by atoms with Gasteiger partial charge in [-0.3, -0.25) is 19.4 Å². The minimum atomic E-state index is -0.112. The molecule has 0 amide bonds. The van der Waals surface area contributed by atoms with Crippen molar-refractivity contribution in [1.29, 1.82) is 0 Å². The summed E-state index contributed by atoms with van der Waals surface area (Å²) in [6, 6.07) is 0. The molecule has 2 saturated carbocycles. The highest BCUT2D eigenvalue weighted by Crippen LogP contribution is 2.66. The predicted octanol–water partition coefficient (Wildman–Crippen LogP) is 11.6. The molecular formula is C54H94N2O6. The number of ether oxygens (including phenoxy) is 2. The molecule has 0 aromatic carbocycles. The van der Waals surface area contributed by atoms with Crippen molar-refractivity contribution < 1.29 is 29.3 Å². The Hall–Kier alpha value is -2.00. The Bertz CT molecular complexity index is 1390. The lowest BCUT2D eigenvalue weighted by molar-refractivity contribution is -0.151. The molecular weight excluding hydrogens is 773 g/mol. The van der Waals surface area contributed by atoms with Gasteiger partial charge in [-0.2, -0.15) is 0 Å². The SMILES string of the molecule is CCCCC/C=C/CCOC(=O)CCCCCN(CCO)CCN(CCO)CCCCCC(=O)OC1CCC2(C)C(=CCC3C2CCC2(C)C(C(C)CCCC(C)C)=CCC32)C1. The van der Waals surface area contributed by atoms with Gasteiger partial charge in [-0.05, 0) is 143 Å². The van der Waals surface area contributed by atoms with Crippen molar-refractivity contribution in [2.45, 2.75) is 195 Å². The van der Waals surface area contributed by atoms with Crippen molar-refractivity contribution in [2.24, 2.45) is 40.4 Å². The maximum atomic E-state index is 13.1. The minimum Gasteiger partial charge on any atom is -0.465 e. The van der Waals surface area contributed by atoms with E-state index in [-0.39, 0.29) is 36.7 Å². The van der Waals surface area contributed by atoms with E-state index in [1.807, 2.05) is 0 Å². The van der Waals surface area contributed by atoms with Crippen molar-refractivity contribution in [3.63, 3.8) is 0 Å². The zero-order chi connectivity index (χ0) is 44.8. The molecule has 0 aromatic rings. The van der Waals surface area contributed by atoms with Gasteiger partial charge in [0.25, 0.3) is 0 Å². The normalized spacial score (nSPS) is 26.4. The Morgan fingerprint density at radius 3 is 2.05 bits per heavy atom. The second-order valence-electron chi connectivity index (χ2n) is 20.9. The Morgan fingerprint density at radius 1 is 0.726 bits per heavy atom. The van der Waals surface area contributed by atoms with Gasteiger partial charge < -0.3 is 19.7 Å². The number of carbonyl (C=O) groups excluding carboxylic acids is 2. The van der Waals surface area contributed by atoms with Crippen LogP contribution in [-0.4, -0.2) is 97.1 Å². The van der Waals surface area contributed by atoms with Crippen LogP contribution in [0.25, 0.3) is 0 Å². The summed E-state index contributed by atoms with van der Waals surface area (Å²) in [5.41, 5.74) is 3.98. The average molecular weight is 867 g/mol. The molecule has 2 N–H and O–H groups in total. The van der Waals surface area contributed by atoms with E-state index >= 15 is 0 Å². The smallest absolute Gasteiger partial charge is 0.306 e. The number of fused-ring (bicyclic) bond motifs is 5. The third-order valence-electron chi connectivity index (χ3n) is 15.9. The number of allylic oxidation sites excluding steroid dienone is 4. The van der Waals surface area contributed by atoms with Crippen molar-refractivity contribution in [2.75, 3.05) is 59.1 Å². The van der Waals surface area contributed by atoms with Crippen LogP contribution in [0, 0.1) is 40.4 Å². The van der Waals surface area contributed by atoms with Gasteiger partial charge in [0.15, 0.2) is 0 Å². The third-order valence-corrected chi connectivity index (χ3v) is 15.9. The lowest BCUT2D eigenvalue weighted by atomic mass is 9.47. The van der Waals surface area contributed by atoms with E-state index in [4.69, 9.17) is 9.47 Å². The molecule has 0 aromatic heterocycles. The molecule has 4 aliphatic carbocycles. The van der Waals surface area contributed by atoms with Crippen LogP contribution in [0.1, 0.15) is 189 Å². The van der Waals surface area contributed by atoms with E-state index in [0.29, 0.717) is 43.9 Å². The number of nitrogens with zero attached hydrogens (tertiary/aromatic N) is 2. The van der Waals surface area contributed by atoms with Crippen molar-refractivity contribution >= 4 is 11.9 Å². The van der Waals surface area contributed by atoms with Crippen molar-refractivity contribution in [3.8, 4) is 0 Å². The Labute approximate surface area is 380 Å². The largest absolute Gasteiger partial charge is 0.465 e. The topological polar surface area (TPSA) is 99.5 Å². The molecule has 8 nitrogen and oxygen atoms in total. The summed E-state index contributed by atoms with van der Waals surface area (Å²) in [4.78, 5) is 29.8. The molecule has 0 aliphatic heterocycles. The monoisotopic (exact) mass is 867 g/mol. The van der Waals surface area contributed by atoms with Crippen LogP contribution in [0.15, 0.2) is 35.5 Å². The van der Waals surface area contributed by atoms with Crippen molar-refractivity contribution in [3.05, 3.63) is 35.5 Å². The van der Waals surface area contributed by atoms with Crippen LogP contribution in [0.3, 0.4) is 0 Å². The fourth-order valence-electron chi connectivity index (χ4n) is 12.2. The van der Waals surface area contributed by atoms with E-state index in [1.54, 1.807) is 11.1 Å². The van der Waals surface area contributed by atoms with Crippen LogP contribution < -0.4 is 0 Å². The maximum Gasteiger partial charge on any atom is 0.306 e. The zero-order valence-corrected chi connectivity index (χ0v) is 40.8. The second-order valence-corrected chi connectivity index (χ2v) is 20.9. The highest BCUT2D eigenvalue weighted by molar-refractivity contribution is 5.69. The number of esters is 2. The minimum absolute atomic E-state index is 0.0134. The standard InChI is InChI=1S/C54H94N2O6/c1-7-8-9-10-11-12-19-41-61-51(59)23-15-13-17-33-55(37-39-57)35-36-56(38-40-58)34-18-14-16-24-52(60)62-46-29-31-53(5)45(42-46)25-26-47-49-28-27-48(44(4)22-20-21-43(2)3)54(49,6)32-30-50(47)53/h11-12,25,27,43-44,46-47,49-50,57-58H,7-10,13-24,26,28-42H2,1-6H3/b12-11+. The molecule has 4 rings (SSSR count). The van der Waals surface area contributed by atoms with Gasteiger partial charge in [-0.15, -0.1) is 0 Å².